The third kappa shape index (κ3) is 5.59. The molecule has 0 fully saturated rings. The zero-order chi connectivity index (χ0) is 22.2. The van der Waals surface area contributed by atoms with Crippen LogP contribution < -0.4 is 13.2 Å². The minimum atomic E-state index is -3.98. The summed E-state index contributed by atoms with van der Waals surface area (Å²) in [5, 5.41) is 2.86. The van der Waals surface area contributed by atoms with Gasteiger partial charge in [-0.2, -0.15) is 8.42 Å². The fourth-order valence-corrected chi connectivity index (χ4v) is 9.65. The molecule has 0 saturated heterocycles. The summed E-state index contributed by atoms with van der Waals surface area (Å²) in [7, 11) is -1.84. The molecule has 2 aliphatic heterocycles. The second-order valence-electron chi connectivity index (χ2n) is 7.22. The molecule has 0 aliphatic carbocycles. The van der Waals surface area contributed by atoms with Gasteiger partial charge in [0.25, 0.3) is 0 Å². The van der Waals surface area contributed by atoms with Crippen molar-refractivity contribution in [3.8, 4) is 0 Å². The summed E-state index contributed by atoms with van der Waals surface area (Å²) in [5.74, 6) is -0.265. The zero-order valence-corrected chi connectivity index (χ0v) is 22.5. The first-order valence-electron chi connectivity index (χ1n) is 9.67. The third-order valence-electron chi connectivity index (χ3n) is 4.83. The Kier molecular flexibility index (Phi) is 7.24. The Morgan fingerprint density at radius 2 is 2.19 bits per heavy atom. The number of nitrogens with zero attached hydrogens (tertiary/aromatic N) is 2. The molecule has 31 heavy (non-hydrogen) atoms. The van der Waals surface area contributed by atoms with Gasteiger partial charge in [-0.25, -0.2) is 0 Å². The maximum atomic E-state index is 11.1. The van der Waals surface area contributed by atoms with E-state index in [1.165, 1.54) is 13.6 Å². The molecule has 0 saturated carbocycles. The number of aromatic nitrogens is 1. The van der Waals surface area contributed by atoms with E-state index in [0.29, 0.717) is 22.0 Å². The number of benzene rings is 1. The number of thioether (sulfide) groups is 1. The van der Waals surface area contributed by atoms with Crippen molar-refractivity contribution in [3.05, 3.63) is 56.4 Å². The second-order valence-corrected chi connectivity index (χ2v) is 15.3. The average Bonchev–Trinajstić information content (AvgIpc) is 3.19. The molecule has 2 aliphatic rings. The van der Waals surface area contributed by atoms with Gasteiger partial charge in [0, 0.05) is 0 Å². The molecule has 0 amide bonds. The van der Waals surface area contributed by atoms with Crippen LogP contribution in [-0.4, -0.2) is 46.2 Å². The van der Waals surface area contributed by atoms with Gasteiger partial charge < -0.3 is 0 Å². The second kappa shape index (κ2) is 9.60. The molecule has 1 aromatic carbocycles. The van der Waals surface area contributed by atoms with Crippen molar-refractivity contribution in [3.63, 3.8) is 0 Å². The Balaban J connectivity index is 1.56. The van der Waals surface area contributed by atoms with Crippen LogP contribution in [0.15, 0.2) is 46.4 Å². The van der Waals surface area contributed by atoms with E-state index in [9.17, 15) is 8.42 Å². The van der Waals surface area contributed by atoms with Crippen molar-refractivity contribution >= 4 is 87.3 Å². The Labute approximate surface area is 206 Å². The molecule has 1 atom stereocenters. The van der Waals surface area contributed by atoms with Crippen molar-refractivity contribution in [2.45, 2.75) is 22.2 Å². The molecule has 5 nitrogen and oxygen atoms in total. The van der Waals surface area contributed by atoms with Crippen LogP contribution >= 0.6 is 34.7 Å². The molecule has 0 bridgehead atoms. The van der Waals surface area contributed by atoms with E-state index in [2.05, 4.69) is 53.8 Å². The van der Waals surface area contributed by atoms with Gasteiger partial charge in [0.2, 0.25) is 0 Å². The quantitative estimate of drug-likeness (QED) is 0.303. The number of anilines is 1. The van der Waals surface area contributed by atoms with Gasteiger partial charge in [-0.3, -0.25) is 4.55 Å². The Hall–Kier alpha value is -0.790. The summed E-state index contributed by atoms with van der Waals surface area (Å²) in [6.45, 7) is 2.77. The maximum absolute atomic E-state index is 11.1. The number of halogens is 1. The molecule has 1 aromatic heterocycles. The van der Waals surface area contributed by atoms with E-state index in [4.69, 9.17) is 16.2 Å². The number of hydrogen-bond acceptors (Lipinski definition) is 5. The topological polar surface area (TPSA) is 61.5 Å². The molecule has 3 heterocycles. The zero-order valence-electron chi connectivity index (χ0n) is 17.0. The fourth-order valence-electron chi connectivity index (χ4n) is 3.36. The summed E-state index contributed by atoms with van der Waals surface area (Å²) in [5.41, 5.74) is 0.967. The van der Waals surface area contributed by atoms with Gasteiger partial charge in [0.1, 0.15) is 0 Å². The number of allylic oxidation sites excluding steroid dienone is 3. The van der Waals surface area contributed by atoms with Crippen LogP contribution in [0.25, 0.3) is 12.2 Å². The van der Waals surface area contributed by atoms with Crippen molar-refractivity contribution in [2.24, 2.45) is 7.05 Å². The summed E-state index contributed by atoms with van der Waals surface area (Å²) in [6, 6.07) is 5.73. The van der Waals surface area contributed by atoms with Gasteiger partial charge in [-0.15, -0.1) is 0 Å². The van der Waals surface area contributed by atoms with Crippen LogP contribution in [-0.2, 0) is 17.2 Å². The van der Waals surface area contributed by atoms with Crippen LogP contribution in [0.5, 0.6) is 0 Å². The Morgan fingerprint density at radius 1 is 1.39 bits per heavy atom. The van der Waals surface area contributed by atoms with E-state index in [-0.39, 0.29) is 26.7 Å². The molecular weight excluding hydrogens is 587 g/mol. The molecule has 0 spiro atoms. The first-order chi connectivity index (χ1) is 14.7. The van der Waals surface area contributed by atoms with Crippen molar-refractivity contribution in [1.82, 2.24) is 0 Å². The number of hydrogen-bond donors (Lipinski definition) is 1. The molecule has 2 aromatic rings. The van der Waals surface area contributed by atoms with Gasteiger partial charge in [-0.05, 0) is 0 Å². The normalized spacial score (nSPS) is 19.4. The molecule has 1 unspecified atom stereocenters. The molecular formula is C21H22ClN2O3S3Te+. The molecule has 10 heteroatoms. The molecule has 1 N–H and O–H groups in total. The summed E-state index contributed by atoms with van der Waals surface area (Å²) >= 11 is 9.44. The Morgan fingerprint density at radius 3 is 2.97 bits per heavy atom. The summed E-state index contributed by atoms with van der Waals surface area (Å²) in [4.78, 5) is 4.52. The molecule has 4 rings (SSSR count). The van der Waals surface area contributed by atoms with Crippen LogP contribution in [0.4, 0.5) is 5.69 Å². The van der Waals surface area contributed by atoms with Crippen molar-refractivity contribution < 1.29 is 17.5 Å². The van der Waals surface area contributed by atoms with Gasteiger partial charge in [-0.1, -0.05) is 0 Å². The van der Waals surface area contributed by atoms with E-state index in [0.717, 1.165) is 15.6 Å². The standard InChI is InChI=1S/C21H21ClN2O3S3Te/c1-14-7-9-18-21(31-14)23(2)19(29-18)5-3-6-20-24(11-4-12-30(25,26)27)16-13-15(22)8-10-17(16)28-20/h3,5-10,13-14H,4,11-12H2,1-2H3/p+1. The van der Waals surface area contributed by atoms with Gasteiger partial charge >= 0.3 is 195 Å². The van der Waals surface area contributed by atoms with Crippen molar-refractivity contribution in [2.75, 3.05) is 17.2 Å². The molecule has 164 valence electrons. The van der Waals surface area contributed by atoms with Crippen LogP contribution in [0.3, 0.4) is 0 Å². The Bertz CT molecular complexity index is 1200. The van der Waals surface area contributed by atoms with Crippen molar-refractivity contribution in [1.29, 1.82) is 0 Å². The summed E-state index contributed by atoms with van der Waals surface area (Å²) in [6.07, 6.45) is 11.1. The monoisotopic (exact) mass is 611 g/mol. The SMILES string of the molecule is CC1C=Cc2sc(C=CC=C3Sc4ccc(Cl)cc4N3CCCS(=O)(=O)O)[n+](C)c2[Te]1. The van der Waals surface area contributed by atoms with E-state index < -0.39 is 10.1 Å². The predicted octanol–water partition coefficient (Wildman–Crippen LogP) is 4.14. The van der Waals surface area contributed by atoms with Gasteiger partial charge in [0.05, 0.1) is 0 Å². The predicted molar refractivity (Wildman–Crippen MR) is 132 cm³/mol. The first-order valence-corrected chi connectivity index (χ1v) is 15.8. The minimum absolute atomic E-state index is 0.205. The fraction of sp³-hybridized carbons (Fsp3) is 0.286. The number of rotatable bonds is 6. The van der Waals surface area contributed by atoms with Gasteiger partial charge in [0.15, 0.2) is 0 Å². The number of fused-ring (bicyclic) bond motifs is 2. The first kappa shape index (κ1) is 23.4. The van der Waals surface area contributed by atoms with E-state index >= 15 is 0 Å². The van der Waals surface area contributed by atoms with Crippen LogP contribution in [0.1, 0.15) is 23.2 Å². The van der Waals surface area contributed by atoms with E-state index in [1.54, 1.807) is 11.8 Å². The molecule has 0 radical (unpaired) electrons. The average molecular weight is 610 g/mol. The number of thiazole rings is 1. The third-order valence-corrected chi connectivity index (χ3v) is 12.1. The van der Waals surface area contributed by atoms with Crippen LogP contribution in [0, 0.1) is 0 Å². The van der Waals surface area contributed by atoms with E-state index in [1.807, 2.05) is 29.5 Å². The summed E-state index contributed by atoms with van der Waals surface area (Å²) < 4.78 is 35.8. The van der Waals surface area contributed by atoms with Crippen LogP contribution in [0.2, 0.25) is 8.99 Å².